The van der Waals surface area contributed by atoms with Gasteiger partial charge in [-0.3, -0.25) is 9.89 Å². The molecule has 0 radical (unpaired) electrons. The van der Waals surface area contributed by atoms with Crippen LogP contribution in [0.1, 0.15) is 66.5 Å². The van der Waals surface area contributed by atoms with Gasteiger partial charge in [-0.15, -0.1) is 0 Å². The molecule has 2 fully saturated rings. The largest absolute Gasteiger partial charge is 0.494 e. The van der Waals surface area contributed by atoms with Crippen LogP contribution in [0.4, 0.5) is 4.79 Å². The number of rotatable bonds is 3. The van der Waals surface area contributed by atoms with Crippen LogP contribution in [0.15, 0.2) is 29.3 Å². The average Bonchev–Trinajstić information content (AvgIpc) is 3.37. The Morgan fingerprint density at radius 3 is 2.36 bits per heavy atom. The van der Waals surface area contributed by atoms with Gasteiger partial charge in [0.05, 0.1) is 42.5 Å². The first-order valence-electron chi connectivity index (χ1n) is 11.7. The minimum Gasteiger partial charge on any atom is -0.444 e. The molecule has 8 nitrogen and oxygen atoms in total. The van der Waals surface area contributed by atoms with Crippen LogP contribution in [0.25, 0.3) is 0 Å². The van der Waals surface area contributed by atoms with E-state index in [1.54, 1.807) is 4.90 Å². The highest BCUT2D eigenvalue weighted by Gasteiger charge is 2.51. The number of hydrogen-bond acceptors (Lipinski definition) is 7. The van der Waals surface area contributed by atoms with E-state index in [0.717, 1.165) is 16.9 Å². The van der Waals surface area contributed by atoms with E-state index in [2.05, 4.69) is 22.4 Å². The number of aliphatic hydroxyl groups excluding tert-OH is 1. The minimum atomic E-state index is -0.596. The smallest absolute Gasteiger partial charge is 0.444 e. The highest BCUT2D eigenvalue weighted by atomic mass is 16.7. The molecule has 9 heteroatoms. The molecule has 0 saturated carbocycles. The summed E-state index contributed by atoms with van der Waals surface area (Å²) in [5.41, 5.74) is 0.722. The zero-order chi connectivity index (χ0) is 24.2. The van der Waals surface area contributed by atoms with Crippen molar-refractivity contribution in [1.29, 1.82) is 0 Å². The van der Waals surface area contributed by atoms with Gasteiger partial charge in [-0.1, -0.05) is 24.3 Å². The van der Waals surface area contributed by atoms with Crippen LogP contribution in [-0.2, 0) is 14.0 Å². The predicted octanol–water partition coefficient (Wildman–Crippen LogP) is 2.40. The molecular weight excluding hydrogens is 421 g/mol. The molecule has 1 unspecified atom stereocenters. The molecule has 3 atom stereocenters. The normalized spacial score (nSPS) is 28.6. The summed E-state index contributed by atoms with van der Waals surface area (Å²) in [4.78, 5) is 18.9. The lowest BCUT2D eigenvalue weighted by Crippen LogP contribution is -2.46. The molecule has 4 rings (SSSR count). The molecule has 3 heterocycles. The second kappa shape index (κ2) is 8.29. The van der Waals surface area contributed by atoms with Crippen LogP contribution in [0, 0.1) is 0 Å². The third-order valence-electron chi connectivity index (χ3n) is 6.85. The second-order valence-corrected chi connectivity index (χ2v) is 11.2. The number of carbonyl (C=O) groups is 1. The topological polar surface area (TPSA) is 92.6 Å². The standard InChI is InChI=1S/C24H36BN3O5/c1-22(2,3)31-21(30)28-14-17(29)12-19(28)20-26-13-18(27-20)15-8-10-16(11-9-15)25-32-23(4,5)24(6,7)33-25/h8-11,17-19,29H,12-14H2,1-7H3,(H,26,27)/t17-,18?,19-/m0/s1. The summed E-state index contributed by atoms with van der Waals surface area (Å²) in [5.74, 6) is 0.720. The van der Waals surface area contributed by atoms with Crippen molar-refractivity contribution in [2.24, 2.45) is 4.99 Å². The fraction of sp³-hybridized carbons (Fsp3) is 0.667. The summed E-state index contributed by atoms with van der Waals surface area (Å²) in [5, 5.41) is 13.7. The molecule has 0 spiro atoms. The van der Waals surface area contributed by atoms with Gasteiger partial charge >= 0.3 is 13.2 Å². The van der Waals surface area contributed by atoms with Gasteiger partial charge in [-0.05, 0) is 59.5 Å². The van der Waals surface area contributed by atoms with Crippen molar-refractivity contribution in [3.05, 3.63) is 29.8 Å². The number of amidine groups is 1. The second-order valence-electron chi connectivity index (χ2n) is 11.2. The molecule has 3 aliphatic heterocycles. The summed E-state index contributed by atoms with van der Waals surface area (Å²) in [7, 11) is -0.394. The summed E-state index contributed by atoms with van der Waals surface area (Å²) < 4.78 is 17.8. The van der Waals surface area contributed by atoms with Gasteiger partial charge in [0.25, 0.3) is 0 Å². The molecule has 1 amide bonds. The van der Waals surface area contributed by atoms with Gasteiger partial charge in [0.2, 0.25) is 0 Å². The Kier molecular flexibility index (Phi) is 6.04. The van der Waals surface area contributed by atoms with Gasteiger partial charge in [-0.2, -0.15) is 0 Å². The fourth-order valence-electron chi connectivity index (χ4n) is 4.31. The minimum absolute atomic E-state index is 0.00516. The Morgan fingerprint density at radius 1 is 1.18 bits per heavy atom. The van der Waals surface area contributed by atoms with Gasteiger partial charge in [0.15, 0.2) is 0 Å². The van der Waals surface area contributed by atoms with Gasteiger partial charge < -0.3 is 24.5 Å². The van der Waals surface area contributed by atoms with Crippen LogP contribution in [0.3, 0.4) is 0 Å². The first kappa shape index (κ1) is 24.0. The number of amides is 1. The monoisotopic (exact) mass is 457 g/mol. The van der Waals surface area contributed by atoms with E-state index in [-0.39, 0.29) is 29.8 Å². The summed E-state index contributed by atoms with van der Waals surface area (Å²) >= 11 is 0. The summed E-state index contributed by atoms with van der Waals surface area (Å²) in [6.45, 7) is 14.5. The quantitative estimate of drug-likeness (QED) is 0.678. The number of carbonyl (C=O) groups excluding carboxylic acids is 1. The first-order valence-corrected chi connectivity index (χ1v) is 11.7. The molecule has 3 aliphatic rings. The van der Waals surface area contributed by atoms with E-state index in [9.17, 15) is 9.90 Å². The van der Waals surface area contributed by atoms with E-state index in [0.29, 0.717) is 13.0 Å². The first-order chi connectivity index (χ1) is 15.3. The lowest BCUT2D eigenvalue weighted by molar-refractivity contribution is 0.00578. The Bertz CT molecular complexity index is 909. The van der Waals surface area contributed by atoms with Crippen molar-refractivity contribution in [1.82, 2.24) is 10.2 Å². The third-order valence-corrected chi connectivity index (χ3v) is 6.85. The fourth-order valence-corrected chi connectivity index (χ4v) is 4.31. The van der Waals surface area contributed by atoms with Crippen molar-refractivity contribution in [2.45, 2.75) is 89.9 Å². The van der Waals surface area contributed by atoms with Crippen LogP contribution in [-0.4, -0.2) is 71.1 Å². The Balaban J connectivity index is 1.41. The molecule has 33 heavy (non-hydrogen) atoms. The Hall–Kier alpha value is -2.10. The van der Waals surface area contributed by atoms with E-state index in [1.807, 2.05) is 60.6 Å². The van der Waals surface area contributed by atoms with E-state index in [1.165, 1.54) is 0 Å². The number of nitrogens with zero attached hydrogens (tertiary/aromatic N) is 2. The van der Waals surface area contributed by atoms with Crippen LogP contribution >= 0.6 is 0 Å². The maximum absolute atomic E-state index is 12.7. The Morgan fingerprint density at radius 2 is 1.79 bits per heavy atom. The predicted molar refractivity (Wildman–Crippen MR) is 128 cm³/mol. The number of β-amino-alcohol motifs (C(OH)–C–C–N with tert-alkyl or cyclic N) is 1. The van der Waals surface area contributed by atoms with Gasteiger partial charge in [0, 0.05) is 6.42 Å². The lowest BCUT2D eigenvalue weighted by Gasteiger charge is -2.32. The molecule has 0 aliphatic carbocycles. The van der Waals surface area contributed by atoms with E-state index >= 15 is 0 Å². The number of aliphatic hydroxyl groups is 1. The molecule has 1 aromatic carbocycles. The summed E-state index contributed by atoms with van der Waals surface area (Å²) in [6.07, 6.45) is -0.576. The molecule has 0 aromatic heterocycles. The van der Waals surface area contributed by atoms with Crippen LogP contribution < -0.4 is 10.8 Å². The molecule has 2 saturated heterocycles. The van der Waals surface area contributed by atoms with Crippen molar-refractivity contribution in [2.75, 3.05) is 13.1 Å². The SMILES string of the molecule is CC(C)(C)OC(=O)N1C[C@@H](O)C[C@H]1C1=NCC(c2ccc(B3OC(C)(C)C(C)(C)O3)cc2)N1. The number of benzene rings is 1. The van der Waals surface area contributed by atoms with Crippen molar-refractivity contribution in [3.63, 3.8) is 0 Å². The number of hydrogen-bond donors (Lipinski definition) is 2. The number of ether oxygens (including phenoxy) is 1. The summed E-state index contributed by atoms with van der Waals surface area (Å²) in [6, 6.07) is 7.87. The zero-order valence-electron chi connectivity index (χ0n) is 20.7. The highest BCUT2D eigenvalue weighted by Crippen LogP contribution is 2.36. The van der Waals surface area contributed by atoms with E-state index in [4.69, 9.17) is 14.0 Å². The van der Waals surface area contributed by atoms with Gasteiger partial charge in [-0.25, -0.2) is 4.79 Å². The average molecular weight is 457 g/mol. The third kappa shape index (κ3) is 4.90. The maximum Gasteiger partial charge on any atom is 0.494 e. The lowest BCUT2D eigenvalue weighted by atomic mass is 9.78. The van der Waals surface area contributed by atoms with Crippen LogP contribution in [0.2, 0.25) is 0 Å². The van der Waals surface area contributed by atoms with Crippen LogP contribution in [0.5, 0.6) is 0 Å². The number of nitrogens with one attached hydrogen (secondary N) is 1. The Labute approximate surface area is 196 Å². The van der Waals surface area contributed by atoms with Gasteiger partial charge in [0.1, 0.15) is 11.4 Å². The maximum atomic E-state index is 12.7. The highest BCUT2D eigenvalue weighted by molar-refractivity contribution is 6.62. The van der Waals surface area contributed by atoms with Crippen molar-refractivity contribution >= 4 is 24.5 Å². The molecular formula is C24H36BN3O5. The zero-order valence-corrected chi connectivity index (χ0v) is 20.7. The molecule has 180 valence electrons. The number of aliphatic imine (C=N–C) groups is 1. The molecule has 1 aromatic rings. The van der Waals surface area contributed by atoms with E-state index < -0.39 is 24.9 Å². The van der Waals surface area contributed by atoms with Crippen molar-refractivity contribution < 1.29 is 23.9 Å². The van der Waals surface area contributed by atoms with Crippen molar-refractivity contribution in [3.8, 4) is 0 Å². The molecule has 2 N–H and O–H groups in total. The number of likely N-dealkylation sites (tertiary alicyclic amines) is 1. The molecule has 0 bridgehead atoms.